The molecule has 13 heteroatoms. The van der Waals surface area contributed by atoms with Gasteiger partial charge < -0.3 is 0 Å². The maximum Gasteiger partial charge on any atom is 0.435 e. The van der Waals surface area contributed by atoms with Gasteiger partial charge in [-0.2, -0.15) is 17.5 Å². The quantitative estimate of drug-likeness (QED) is 0.402. The molecule has 4 rings (SSSR count). The molecule has 1 saturated heterocycles. The van der Waals surface area contributed by atoms with Gasteiger partial charge >= 0.3 is 6.18 Å². The Morgan fingerprint density at radius 3 is 2.32 bits per heavy atom. The van der Waals surface area contributed by atoms with Crippen molar-refractivity contribution < 1.29 is 39.6 Å². The van der Waals surface area contributed by atoms with Crippen molar-refractivity contribution in [3.63, 3.8) is 0 Å². The smallest absolute Gasteiger partial charge is 0.298 e. The summed E-state index contributed by atoms with van der Waals surface area (Å²) in [6, 6.07) is 8.05. The zero-order valence-electron chi connectivity index (χ0n) is 18.9. The van der Waals surface area contributed by atoms with E-state index in [1.54, 1.807) is 0 Å². The zero-order chi connectivity index (χ0) is 27.0. The highest BCUT2D eigenvalue weighted by Crippen LogP contribution is 2.31. The number of halogens is 6. The number of nitrogens with zero attached hydrogens (tertiary/aromatic N) is 3. The highest BCUT2D eigenvalue weighted by Gasteiger charge is 2.43. The average molecular weight is 543 g/mol. The molecular formula is C24H19F6N3O3S. The lowest BCUT2D eigenvalue weighted by molar-refractivity contribution is -0.141. The molecule has 1 aromatic heterocycles. The summed E-state index contributed by atoms with van der Waals surface area (Å²) in [7, 11) is -4.29. The van der Waals surface area contributed by atoms with Crippen LogP contribution in [0.2, 0.25) is 0 Å². The van der Waals surface area contributed by atoms with Crippen LogP contribution < -0.4 is 0 Å². The molecule has 0 spiro atoms. The molecule has 1 fully saturated rings. The minimum atomic E-state index is -4.67. The minimum Gasteiger partial charge on any atom is -0.298 e. The van der Waals surface area contributed by atoms with E-state index < -0.39 is 58.1 Å². The van der Waals surface area contributed by atoms with Gasteiger partial charge in [-0.05, 0) is 66.6 Å². The summed E-state index contributed by atoms with van der Waals surface area (Å²) in [6.45, 7) is -0.549. The van der Waals surface area contributed by atoms with Crippen LogP contribution in [0.1, 0.15) is 24.1 Å². The molecule has 1 aliphatic rings. The lowest BCUT2D eigenvalue weighted by atomic mass is 9.99. The van der Waals surface area contributed by atoms with Gasteiger partial charge in [0.2, 0.25) is 10.0 Å². The van der Waals surface area contributed by atoms with Crippen molar-refractivity contribution in [2.75, 3.05) is 6.54 Å². The summed E-state index contributed by atoms with van der Waals surface area (Å²) in [4.78, 5) is 12.6. The van der Waals surface area contributed by atoms with Crippen LogP contribution >= 0.6 is 0 Å². The Morgan fingerprint density at radius 2 is 1.70 bits per heavy atom. The number of hydrogen-bond donors (Lipinski definition) is 0. The fraction of sp³-hybridized carbons (Fsp3) is 0.292. The Balaban J connectivity index is 1.50. The SMILES string of the molecule is O=C(CCc1cc(-c2ccc(C(F)(F)F)nn2)ccc1F)[C@@H]1C[C@@H](F)CN1S(=O)(=O)c1ccc(F)cc1. The minimum absolute atomic E-state index is 0.0373. The van der Waals surface area contributed by atoms with Gasteiger partial charge in [0.05, 0.1) is 16.6 Å². The number of Topliss-reactive ketones (excluding diaryl/α,β-unsaturated/α-hetero) is 1. The number of alkyl halides is 4. The van der Waals surface area contributed by atoms with E-state index in [0.29, 0.717) is 0 Å². The van der Waals surface area contributed by atoms with Crippen LogP contribution in [-0.2, 0) is 27.4 Å². The third-order valence-electron chi connectivity index (χ3n) is 5.93. The molecule has 37 heavy (non-hydrogen) atoms. The molecule has 0 unspecified atom stereocenters. The Kier molecular flexibility index (Phi) is 7.38. The van der Waals surface area contributed by atoms with E-state index in [9.17, 15) is 39.6 Å². The number of carbonyl (C=O) groups is 1. The van der Waals surface area contributed by atoms with E-state index >= 15 is 0 Å². The third kappa shape index (κ3) is 5.82. The maximum absolute atomic E-state index is 14.4. The fourth-order valence-electron chi connectivity index (χ4n) is 4.04. The van der Waals surface area contributed by atoms with Crippen LogP contribution in [0.5, 0.6) is 0 Å². The van der Waals surface area contributed by atoms with Gasteiger partial charge in [0.25, 0.3) is 0 Å². The van der Waals surface area contributed by atoms with Crippen LogP contribution in [0, 0.1) is 11.6 Å². The van der Waals surface area contributed by atoms with Crippen molar-refractivity contribution in [1.29, 1.82) is 0 Å². The van der Waals surface area contributed by atoms with Gasteiger partial charge in [-0.25, -0.2) is 21.6 Å². The van der Waals surface area contributed by atoms with Crippen LogP contribution in [-0.4, -0.2) is 47.5 Å². The number of sulfonamides is 1. The van der Waals surface area contributed by atoms with E-state index in [-0.39, 0.29) is 41.0 Å². The molecule has 2 aromatic carbocycles. The predicted octanol–water partition coefficient (Wildman–Crippen LogP) is 4.74. The number of rotatable bonds is 7. The van der Waals surface area contributed by atoms with Gasteiger partial charge in [-0.1, -0.05) is 0 Å². The Bertz CT molecular complexity index is 1400. The van der Waals surface area contributed by atoms with Crippen LogP contribution in [0.4, 0.5) is 26.3 Å². The topological polar surface area (TPSA) is 80.2 Å². The Labute approximate surface area is 208 Å². The summed E-state index contributed by atoms with van der Waals surface area (Å²) < 4.78 is 107. The molecule has 2 heterocycles. The molecule has 196 valence electrons. The normalized spacial score (nSPS) is 18.8. The van der Waals surface area contributed by atoms with Crippen molar-refractivity contribution >= 4 is 15.8 Å². The Morgan fingerprint density at radius 1 is 1.00 bits per heavy atom. The van der Waals surface area contributed by atoms with Crippen molar-refractivity contribution in [1.82, 2.24) is 14.5 Å². The first-order valence-corrected chi connectivity index (χ1v) is 12.4. The molecule has 1 aliphatic heterocycles. The van der Waals surface area contributed by atoms with Crippen LogP contribution in [0.15, 0.2) is 59.5 Å². The van der Waals surface area contributed by atoms with Crippen LogP contribution in [0.3, 0.4) is 0 Å². The van der Waals surface area contributed by atoms with Gasteiger partial charge in [0.1, 0.15) is 17.8 Å². The maximum atomic E-state index is 14.4. The molecule has 0 saturated carbocycles. The number of benzene rings is 2. The molecule has 0 aliphatic carbocycles. The monoisotopic (exact) mass is 543 g/mol. The highest BCUT2D eigenvalue weighted by atomic mass is 32.2. The van der Waals surface area contributed by atoms with Gasteiger partial charge in [0, 0.05) is 24.9 Å². The summed E-state index contributed by atoms with van der Waals surface area (Å²) in [5, 5.41) is 6.66. The summed E-state index contributed by atoms with van der Waals surface area (Å²) in [5.74, 6) is -1.99. The van der Waals surface area contributed by atoms with E-state index in [2.05, 4.69) is 10.2 Å². The van der Waals surface area contributed by atoms with Crippen molar-refractivity contribution in [2.24, 2.45) is 0 Å². The first kappa shape index (κ1) is 26.7. The number of hydrogen-bond acceptors (Lipinski definition) is 5. The number of ketones is 1. The molecule has 6 nitrogen and oxygen atoms in total. The van der Waals surface area contributed by atoms with Gasteiger partial charge in [-0.3, -0.25) is 4.79 Å². The summed E-state index contributed by atoms with van der Waals surface area (Å²) in [5.41, 5.74) is -0.842. The first-order valence-electron chi connectivity index (χ1n) is 11.0. The molecule has 0 radical (unpaired) electrons. The summed E-state index contributed by atoms with van der Waals surface area (Å²) >= 11 is 0. The van der Waals surface area contributed by atoms with Crippen molar-refractivity contribution in [3.05, 3.63) is 77.5 Å². The highest BCUT2D eigenvalue weighted by molar-refractivity contribution is 7.89. The second-order valence-corrected chi connectivity index (χ2v) is 10.3. The van der Waals surface area contributed by atoms with Crippen molar-refractivity contribution in [3.8, 4) is 11.3 Å². The molecule has 2 atom stereocenters. The number of carbonyl (C=O) groups excluding carboxylic acids is 1. The standard InChI is InChI=1S/C24H19F6N3O3S/c25-16-3-5-18(6-4-16)37(35,36)33-13-17(26)12-21(33)22(34)9-2-14-11-15(1-7-19(14)27)20-8-10-23(32-31-20)24(28,29)30/h1,3-8,10-11,17,21H,2,9,12-13H2/t17-,21+/m1/s1. The largest absolute Gasteiger partial charge is 0.435 e. The molecule has 0 amide bonds. The second-order valence-electron chi connectivity index (χ2n) is 8.45. The molecule has 3 aromatic rings. The van der Waals surface area contributed by atoms with E-state index in [4.69, 9.17) is 0 Å². The van der Waals surface area contributed by atoms with Crippen molar-refractivity contribution in [2.45, 2.75) is 42.5 Å². The molecule has 0 N–H and O–H groups in total. The second kappa shape index (κ2) is 10.2. The average Bonchev–Trinajstić information content (AvgIpc) is 3.26. The number of aryl methyl sites for hydroxylation is 1. The zero-order valence-corrected chi connectivity index (χ0v) is 19.7. The first-order chi connectivity index (χ1) is 17.4. The lowest BCUT2D eigenvalue weighted by Gasteiger charge is -2.23. The third-order valence-corrected chi connectivity index (χ3v) is 7.82. The van der Waals surface area contributed by atoms with E-state index in [1.165, 1.54) is 12.1 Å². The summed E-state index contributed by atoms with van der Waals surface area (Å²) in [6.07, 6.45) is -7.14. The molecule has 0 bridgehead atoms. The molecular weight excluding hydrogens is 524 g/mol. The fourth-order valence-corrected chi connectivity index (χ4v) is 5.69. The van der Waals surface area contributed by atoms with Gasteiger partial charge in [-0.15, -0.1) is 10.2 Å². The lowest BCUT2D eigenvalue weighted by Crippen LogP contribution is -2.40. The Hall–Kier alpha value is -3.32. The van der Waals surface area contributed by atoms with E-state index in [0.717, 1.165) is 46.8 Å². The van der Waals surface area contributed by atoms with Crippen LogP contribution in [0.25, 0.3) is 11.3 Å². The predicted molar refractivity (Wildman–Crippen MR) is 119 cm³/mol. The number of aromatic nitrogens is 2. The van der Waals surface area contributed by atoms with Gasteiger partial charge in [0.15, 0.2) is 11.5 Å². The van der Waals surface area contributed by atoms with E-state index in [1.807, 2.05) is 0 Å².